The lowest BCUT2D eigenvalue weighted by Crippen LogP contribution is -2.50. The Morgan fingerprint density at radius 3 is 2.41 bits per heavy atom. The minimum absolute atomic E-state index is 0.108. The molecule has 5 rings (SSSR count). The number of rotatable bonds is 6. The molecule has 9 heteroatoms. The van der Waals surface area contributed by atoms with Gasteiger partial charge in [-0.05, 0) is 42.0 Å². The largest absolute Gasteiger partial charge is 0.489 e. The van der Waals surface area contributed by atoms with Crippen molar-refractivity contribution < 1.29 is 17.9 Å². The van der Waals surface area contributed by atoms with Crippen molar-refractivity contribution in [3.05, 3.63) is 90.3 Å². The Labute approximate surface area is 197 Å². The molecular weight excluding hydrogens is 452 g/mol. The van der Waals surface area contributed by atoms with Crippen molar-refractivity contribution in [2.24, 2.45) is 0 Å². The van der Waals surface area contributed by atoms with Crippen LogP contribution < -0.4 is 4.74 Å². The number of H-pyrrole nitrogens is 1. The highest BCUT2D eigenvalue weighted by atomic mass is 32.2. The average Bonchev–Trinajstić information content (AvgIpc) is 3.33. The molecule has 0 atom stereocenters. The van der Waals surface area contributed by atoms with E-state index in [4.69, 9.17) is 4.74 Å². The molecule has 1 fully saturated rings. The van der Waals surface area contributed by atoms with Crippen molar-refractivity contribution in [3.8, 4) is 5.75 Å². The van der Waals surface area contributed by atoms with E-state index in [0.29, 0.717) is 36.3 Å². The molecule has 1 amide bonds. The van der Waals surface area contributed by atoms with E-state index < -0.39 is 10.0 Å². The highest BCUT2D eigenvalue weighted by Crippen LogP contribution is 2.25. The first kappa shape index (κ1) is 22.1. The molecule has 4 aromatic rings. The highest BCUT2D eigenvalue weighted by Gasteiger charge is 2.32. The number of carbonyl (C=O) groups is 1. The number of nitrogens with one attached hydrogen (secondary N) is 1. The van der Waals surface area contributed by atoms with Gasteiger partial charge >= 0.3 is 0 Å². The van der Waals surface area contributed by atoms with Crippen molar-refractivity contribution in [3.63, 3.8) is 0 Å². The third-order valence-electron chi connectivity index (χ3n) is 5.91. The predicted molar refractivity (Wildman–Crippen MR) is 128 cm³/mol. The number of aromatic nitrogens is 2. The molecule has 0 aliphatic carbocycles. The number of carbonyl (C=O) groups excluding carboxylic acids is 1. The predicted octanol–water partition coefficient (Wildman–Crippen LogP) is 3.29. The number of piperazine rings is 1. The van der Waals surface area contributed by atoms with E-state index in [1.54, 1.807) is 35.4 Å². The summed E-state index contributed by atoms with van der Waals surface area (Å²) in [4.78, 5) is 21.9. The summed E-state index contributed by atoms with van der Waals surface area (Å²) in [5.74, 6) is 0.684. The number of fused-ring (bicyclic) bond motifs is 1. The minimum atomic E-state index is -3.68. The van der Waals surface area contributed by atoms with E-state index in [1.165, 1.54) is 10.5 Å². The lowest BCUT2D eigenvalue weighted by Gasteiger charge is -2.34. The van der Waals surface area contributed by atoms with Crippen molar-refractivity contribution in [2.75, 3.05) is 26.2 Å². The molecule has 1 aliphatic heterocycles. The quantitative estimate of drug-likeness (QED) is 0.461. The number of sulfonamides is 1. The molecule has 0 saturated carbocycles. The number of amides is 1. The van der Waals surface area contributed by atoms with E-state index in [0.717, 1.165) is 11.3 Å². The number of hydrogen-bond acceptors (Lipinski definition) is 5. The fourth-order valence-corrected chi connectivity index (χ4v) is 5.60. The zero-order chi connectivity index (χ0) is 23.5. The van der Waals surface area contributed by atoms with Gasteiger partial charge in [-0.2, -0.15) is 4.31 Å². The van der Waals surface area contributed by atoms with Crippen LogP contribution in [0.3, 0.4) is 0 Å². The van der Waals surface area contributed by atoms with Crippen LogP contribution in [0.1, 0.15) is 15.9 Å². The molecule has 1 aliphatic rings. The third kappa shape index (κ3) is 4.40. The Balaban J connectivity index is 1.20. The van der Waals surface area contributed by atoms with Crippen LogP contribution in [0.15, 0.2) is 84.0 Å². The summed E-state index contributed by atoms with van der Waals surface area (Å²) in [6, 6.07) is 20.3. The lowest BCUT2D eigenvalue weighted by molar-refractivity contribution is 0.0698. The molecule has 1 N–H and O–H groups in total. The van der Waals surface area contributed by atoms with Crippen LogP contribution in [-0.2, 0) is 16.6 Å². The van der Waals surface area contributed by atoms with Gasteiger partial charge in [0.1, 0.15) is 22.9 Å². The van der Waals surface area contributed by atoms with Crippen LogP contribution >= 0.6 is 0 Å². The SMILES string of the molecule is O=C(c1ccc(COc2ccccc2)cc1)N1CCN(S(=O)(=O)c2c[nH]c3ncccc23)CC1. The number of nitrogens with zero attached hydrogens (tertiary/aromatic N) is 3. The van der Waals surface area contributed by atoms with E-state index in [1.807, 2.05) is 42.5 Å². The van der Waals surface area contributed by atoms with Gasteiger partial charge in [0.15, 0.2) is 0 Å². The monoisotopic (exact) mass is 476 g/mol. The number of hydrogen-bond donors (Lipinski definition) is 1. The van der Waals surface area contributed by atoms with Gasteiger partial charge in [0.25, 0.3) is 5.91 Å². The molecule has 1 saturated heterocycles. The van der Waals surface area contributed by atoms with Crippen molar-refractivity contribution >= 4 is 27.0 Å². The summed E-state index contributed by atoms with van der Waals surface area (Å²) in [6.45, 7) is 1.56. The lowest BCUT2D eigenvalue weighted by atomic mass is 10.1. The minimum Gasteiger partial charge on any atom is -0.489 e. The first-order chi connectivity index (χ1) is 16.5. The Morgan fingerprint density at radius 1 is 0.941 bits per heavy atom. The van der Waals surface area contributed by atoms with Gasteiger partial charge in [-0.25, -0.2) is 13.4 Å². The van der Waals surface area contributed by atoms with Gasteiger partial charge in [-0.15, -0.1) is 0 Å². The maximum absolute atomic E-state index is 13.2. The summed E-state index contributed by atoms with van der Waals surface area (Å²) in [5, 5.41) is 0.567. The summed E-state index contributed by atoms with van der Waals surface area (Å²) >= 11 is 0. The number of benzene rings is 2. The Hall–Kier alpha value is -3.69. The van der Waals surface area contributed by atoms with E-state index in [9.17, 15) is 13.2 Å². The maximum Gasteiger partial charge on any atom is 0.253 e. The van der Waals surface area contributed by atoms with Gasteiger partial charge in [0, 0.05) is 49.5 Å². The smallest absolute Gasteiger partial charge is 0.253 e. The zero-order valence-electron chi connectivity index (χ0n) is 18.4. The molecule has 3 heterocycles. The second-order valence-electron chi connectivity index (χ2n) is 8.05. The molecule has 0 radical (unpaired) electrons. The molecule has 2 aromatic carbocycles. The first-order valence-electron chi connectivity index (χ1n) is 11.0. The fourth-order valence-electron chi connectivity index (χ4n) is 4.02. The van der Waals surface area contributed by atoms with Crippen LogP contribution in [0.4, 0.5) is 0 Å². The molecule has 0 bridgehead atoms. The fraction of sp³-hybridized carbons (Fsp3) is 0.200. The first-order valence-corrected chi connectivity index (χ1v) is 12.4. The van der Waals surface area contributed by atoms with Gasteiger partial charge in [0.2, 0.25) is 10.0 Å². The van der Waals surface area contributed by atoms with Crippen LogP contribution in [0.5, 0.6) is 5.75 Å². The maximum atomic E-state index is 13.2. The zero-order valence-corrected chi connectivity index (χ0v) is 19.2. The highest BCUT2D eigenvalue weighted by molar-refractivity contribution is 7.89. The molecule has 0 unspecified atom stereocenters. The second kappa shape index (κ2) is 9.28. The standard InChI is InChI=1S/C25H24N4O4S/c30-25(20-10-8-19(9-11-20)18-33-21-5-2-1-3-6-21)28-13-15-29(16-14-28)34(31,32)23-17-27-24-22(23)7-4-12-26-24/h1-12,17H,13-16,18H2,(H,26,27). The van der Waals surface area contributed by atoms with Crippen molar-refractivity contribution in [1.82, 2.24) is 19.2 Å². The van der Waals surface area contributed by atoms with Crippen molar-refractivity contribution in [2.45, 2.75) is 11.5 Å². The third-order valence-corrected chi connectivity index (χ3v) is 7.84. The number of pyridine rings is 1. The second-order valence-corrected chi connectivity index (χ2v) is 9.95. The molecular formula is C25H24N4O4S. The average molecular weight is 477 g/mol. The van der Waals surface area contributed by atoms with Gasteiger partial charge in [0.05, 0.1) is 0 Å². The Bertz CT molecular complexity index is 1390. The molecule has 174 valence electrons. The van der Waals surface area contributed by atoms with Crippen molar-refractivity contribution in [1.29, 1.82) is 0 Å². The molecule has 0 spiro atoms. The van der Waals surface area contributed by atoms with Crippen LogP contribution in [0.25, 0.3) is 11.0 Å². The van der Waals surface area contributed by atoms with Crippen LogP contribution in [-0.4, -0.2) is 59.7 Å². The summed E-state index contributed by atoms with van der Waals surface area (Å²) in [5.41, 5.74) is 2.07. The van der Waals surface area contributed by atoms with E-state index >= 15 is 0 Å². The number of ether oxygens (including phenoxy) is 1. The molecule has 2 aromatic heterocycles. The Kier molecular flexibility index (Phi) is 6.04. The van der Waals surface area contributed by atoms with Gasteiger partial charge < -0.3 is 14.6 Å². The van der Waals surface area contributed by atoms with Gasteiger partial charge in [-0.3, -0.25) is 4.79 Å². The van der Waals surface area contributed by atoms with Crippen LogP contribution in [0.2, 0.25) is 0 Å². The summed E-state index contributed by atoms with van der Waals surface area (Å²) in [6.07, 6.45) is 3.09. The number of para-hydroxylation sites is 1. The summed E-state index contributed by atoms with van der Waals surface area (Å²) in [7, 11) is -3.68. The number of aromatic amines is 1. The van der Waals surface area contributed by atoms with E-state index in [-0.39, 0.29) is 23.9 Å². The van der Waals surface area contributed by atoms with Gasteiger partial charge in [-0.1, -0.05) is 30.3 Å². The molecule has 8 nitrogen and oxygen atoms in total. The summed E-state index contributed by atoms with van der Waals surface area (Å²) < 4.78 is 33.5. The topological polar surface area (TPSA) is 95.6 Å². The van der Waals surface area contributed by atoms with E-state index in [2.05, 4.69) is 9.97 Å². The molecule has 34 heavy (non-hydrogen) atoms. The Morgan fingerprint density at radius 2 is 1.68 bits per heavy atom. The normalized spacial score (nSPS) is 14.9. The van der Waals surface area contributed by atoms with Crippen LogP contribution in [0, 0.1) is 0 Å².